The van der Waals surface area contributed by atoms with E-state index < -0.39 is 0 Å². The van der Waals surface area contributed by atoms with Crippen molar-refractivity contribution < 1.29 is 4.79 Å². The maximum atomic E-state index is 12.4. The third-order valence-electron chi connectivity index (χ3n) is 4.25. The number of carbonyl (C=O) groups excluding carboxylic acids is 1. The first kappa shape index (κ1) is 19.0. The van der Waals surface area contributed by atoms with Crippen molar-refractivity contribution in [3.05, 3.63) is 88.4 Å². The average molecular weight is 425 g/mol. The number of thioether (sulfide) groups is 1. The molecule has 1 aromatic heterocycles. The average Bonchev–Trinajstić information content (AvgIpc) is 3.10. The van der Waals surface area contributed by atoms with Crippen LogP contribution in [0.2, 0.25) is 5.02 Å². The van der Waals surface area contributed by atoms with Gasteiger partial charge in [-0.05, 0) is 48.9 Å². The smallest absolute Gasteiger partial charge is 0.255 e. The van der Waals surface area contributed by atoms with Crippen LogP contribution in [0.4, 0.5) is 5.69 Å². The van der Waals surface area contributed by atoms with Crippen LogP contribution in [0.1, 0.15) is 21.5 Å². The predicted octanol–water partition coefficient (Wildman–Crippen LogP) is 6.80. The normalized spacial score (nSPS) is 10.9. The van der Waals surface area contributed by atoms with Gasteiger partial charge in [0.05, 0.1) is 10.2 Å². The van der Waals surface area contributed by atoms with Crippen molar-refractivity contribution in [2.45, 2.75) is 17.0 Å². The van der Waals surface area contributed by atoms with E-state index in [2.05, 4.69) is 10.3 Å². The highest BCUT2D eigenvalue weighted by molar-refractivity contribution is 8.00. The second-order valence-electron chi connectivity index (χ2n) is 6.36. The maximum Gasteiger partial charge on any atom is 0.255 e. The van der Waals surface area contributed by atoms with Crippen LogP contribution in [0.3, 0.4) is 0 Å². The largest absolute Gasteiger partial charge is 0.322 e. The lowest BCUT2D eigenvalue weighted by molar-refractivity contribution is 0.102. The Morgan fingerprint density at radius 2 is 1.89 bits per heavy atom. The van der Waals surface area contributed by atoms with Gasteiger partial charge in [-0.1, -0.05) is 59.3 Å². The molecule has 140 valence electrons. The molecule has 0 atom stereocenters. The van der Waals surface area contributed by atoms with Gasteiger partial charge in [0.25, 0.3) is 5.91 Å². The minimum atomic E-state index is -0.114. The molecule has 6 heteroatoms. The van der Waals surface area contributed by atoms with E-state index in [1.807, 2.05) is 73.7 Å². The van der Waals surface area contributed by atoms with Crippen molar-refractivity contribution >= 4 is 56.5 Å². The number of hydrogen-bond donors (Lipinski definition) is 1. The van der Waals surface area contributed by atoms with Gasteiger partial charge in [-0.3, -0.25) is 4.79 Å². The number of halogens is 1. The number of nitrogens with zero attached hydrogens (tertiary/aromatic N) is 1. The van der Waals surface area contributed by atoms with Crippen LogP contribution in [-0.4, -0.2) is 10.9 Å². The second-order valence-corrected chi connectivity index (χ2v) is 9.02. The first-order valence-corrected chi connectivity index (χ1v) is 10.9. The number of carbonyl (C=O) groups is 1. The van der Waals surface area contributed by atoms with Gasteiger partial charge in [0.2, 0.25) is 0 Å². The predicted molar refractivity (Wildman–Crippen MR) is 120 cm³/mol. The molecule has 0 fully saturated rings. The lowest BCUT2D eigenvalue weighted by Crippen LogP contribution is -2.11. The van der Waals surface area contributed by atoms with Gasteiger partial charge < -0.3 is 5.32 Å². The zero-order valence-corrected chi connectivity index (χ0v) is 17.5. The zero-order chi connectivity index (χ0) is 19.5. The first-order valence-electron chi connectivity index (χ1n) is 8.73. The molecule has 3 aromatic carbocycles. The summed E-state index contributed by atoms with van der Waals surface area (Å²) in [5, 5.41) is 3.74. The number of nitrogens with one attached hydrogen (secondary N) is 1. The highest BCUT2D eigenvalue weighted by Crippen LogP contribution is 2.34. The molecule has 28 heavy (non-hydrogen) atoms. The van der Waals surface area contributed by atoms with Crippen molar-refractivity contribution in [3.63, 3.8) is 0 Å². The van der Waals surface area contributed by atoms with Gasteiger partial charge in [0.1, 0.15) is 0 Å². The number of fused-ring (bicyclic) bond motifs is 1. The number of thiazole rings is 1. The molecule has 3 nitrogen and oxygen atoms in total. The van der Waals surface area contributed by atoms with Crippen LogP contribution in [0, 0.1) is 6.92 Å². The van der Waals surface area contributed by atoms with Crippen molar-refractivity contribution in [1.29, 1.82) is 0 Å². The molecular formula is C22H17ClN2OS2. The quantitative estimate of drug-likeness (QED) is 0.358. The Labute approximate surface area is 176 Å². The lowest BCUT2D eigenvalue weighted by Gasteiger charge is -2.05. The van der Waals surface area contributed by atoms with E-state index in [4.69, 9.17) is 11.6 Å². The van der Waals surface area contributed by atoms with Crippen LogP contribution in [0.15, 0.2) is 71.1 Å². The molecule has 0 unspecified atom stereocenters. The molecule has 4 aromatic rings. The molecule has 1 heterocycles. The minimum absolute atomic E-state index is 0.114. The molecule has 0 aliphatic rings. The summed E-state index contributed by atoms with van der Waals surface area (Å²) < 4.78 is 2.03. The van der Waals surface area contributed by atoms with E-state index in [-0.39, 0.29) is 5.91 Å². The second kappa shape index (κ2) is 8.35. The summed E-state index contributed by atoms with van der Waals surface area (Å²) >= 11 is 9.51. The summed E-state index contributed by atoms with van der Waals surface area (Å²) in [6.07, 6.45) is 0. The molecule has 0 radical (unpaired) electrons. The zero-order valence-electron chi connectivity index (χ0n) is 15.1. The van der Waals surface area contributed by atoms with Gasteiger partial charge in [-0.15, -0.1) is 11.3 Å². The molecule has 0 spiro atoms. The van der Waals surface area contributed by atoms with E-state index in [0.717, 1.165) is 42.1 Å². The third kappa shape index (κ3) is 4.38. The monoisotopic (exact) mass is 424 g/mol. The van der Waals surface area contributed by atoms with Crippen LogP contribution < -0.4 is 5.32 Å². The Hall–Kier alpha value is -2.34. The molecule has 4 rings (SSSR count). The number of amides is 1. The van der Waals surface area contributed by atoms with Gasteiger partial charge in [0, 0.05) is 22.0 Å². The Bertz CT molecular complexity index is 1140. The van der Waals surface area contributed by atoms with E-state index >= 15 is 0 Å². The van der Waals surface area contributed by atoms with E-state index in [0.29, 0.717) is 5.56 Å². The molecule has 0 aliphatic carbocycles. The topological polar surface area (TPSA) is 42.0 Å². The van der Waals surface area contributed by atoms with Crippen LogP contribution in [-0.2, 0) is 5.75 Å². The molecule has 0 bridgehead atoms. The summed E-state index contributed by atoms with van der Waals surface area (Å²) in [6, 6.07) is 21.2. The van der Waals surface area contributed by atoms with Crippen molar-refractivity contribution in [2.24, 2.45) is 0 Å². The highest BCUT2D eigenvalue weighted by Gasteiger charge is 2.10. The minimum Gasteiger partial charge on any atom is -0.322 e. The number of anilines is 1. The Morgan fingerprint density at radius 1 is 1.11 bits per heavy atom. The summed E-state index contributed by atoms with van der Waals surface area (Å²) in [5.74, 6) is 0.661. The van der Waals surface area contributed by atoms with Crippen molar-refractivity contribution in [3.8, 4) is 0 Å². The first-order chi connectivity index (χ1) is 13.6. The fourth-order valence-corrected chi connectivity index (χ4v) is 5.10. The van der Waals surface area contributed by atoms with E-state index in [1.54, 1.807) is 23.1 Å². The summed E-state index contributed by atoms with van der Waals surface area (Å²) in [5.41, 5.74) is 4.57. The molecule has 1 amide bonds. The number of benzene rings is 3. The summed E-state index contributed by atoms with van der Waals surface area (Å²) in [7, 11) is 0. The number of aromatic nitrogens is 1. The van der Waals surface area contributed by atoms with Crippen LogP contribution in [0.25, 0.3) is 10.2 Å². The number of rotatable bonds is 5. The molecule has 0 aliphatic heterocycles. The molecule has 0 saturated carbocycles. The van der Waals surface area contributed by atoms with E-state index in [9.17, 15) is 4.79 Å². The SMILES string of the molecule is Cc1ccc(C(=O)Nc2ccc3nc(SCc4ccccc4Cl)sc3c2)cc1. The van der Waals surface area contributed by atoms with Crippen LogP contribution in [0.5, 0.6) is 0 Å². The van der Waals surface area contributed by atoms with Gasteiger partial charge in [-0.2, -0.15) is 0 Å². The Morgan fingerprint density at radius 3 is 2.68 bits per heavy atom. The third-order valence-corrected chi connectivity index (χ3v) is 6.83. The highest BCUT2D eigenvalue weighted by atomic mass is 35.5. The van der Waals surface area contributed by atoms with Gasteiger partial charge >= 0.3 is 0 Å². The van der Waals surface area contributed by atoms with Crippen molar-refractivity contribution in [2.75, 3.05) is 5.32 Å². The van der Waals surface area contributed by atoms with E-state index in [1.165, 1.54) is 0 Å². The Balaban J connectivity index is 1.47. The maximum absolute atomic E-state index is 12.4. The number of aryl methyl sites for hydroxylation is 1. The van der Waals surface area contributed by atoms with Crippen molar-refractivity contribution in [1.82, 2.24) is 4.98 Å². The summed E-state index contributed by atoms with van der Waals surface area (Å²) in [4.78, 5) is 17.1. The lowest BCUT2D eigenvalue weighted by atomic mass is 10.1. The Kier molecular flexibility index (Phi) is 5.67. The molecular weight excluding hydrogens is 408 g/mol. The summed E-state index contributed by atoms with van der Waals surface area (Å²) in [6.45, 7) is 2.00. The molecule has 0 saturated heterocycles. The van der Waals surface area contributed by atoms with Gasteiger partial charge in [0.15, 0.2) is 4.34 Å². The fourth-order valence-electron chi connectivity index (χ4n) is 2.71. The van der Waals surface area contributed by atoms with Crippen LogP contribution >= 0.6 is 34.7 Å². The van der Waals surface area contributed by atoms with Gasteiger partial charge in [-0.25, -0.2) is 4.98 Å². The fraction of sp³-hybridized carbons (Fsp3) is 0.0909. The molecule has 1 N–H and O–H groups in total. The number of hydrogen-bond acceptors (Lipinski definition) is 4. The standard InChI is InChI=1S/C22H17ClN2OS2/c1-14-6-8-15(9-7-14)21(26)24-17-10-11-19-20(12-17)28-22(25-19)27-13-16-4-2-3-5-18(16)23/h2-12H,13H2,1H3,(H,24,26).